The molecular weight excluding hydrogens is 226 g/mol. The third-order valence-corrected chi connectivity index (χ3v) is 4.03. The first-order chi connectivity index (χ1) is 7.60. The maximum Gasteiger partial charge on any atom is 0.214 e. The minimum absolute atomic E-state index is 0.0832. The lowest BCUT2D eigenvalue weighted by Gasteiger charge is -2.20. The monoisotopic (exact) mass is 243 g/mol. The zero-order valence-corrected chi connectivity index (χ0v) is 10.2. The molecule has 1 aromatic heterocycles. The molecule has 16 heavy (non-hydrogen) atoms. The van der Waals surface area contributed by atoms with Gasteiger partial charge in [-0.05, 0) is 19.1 Å². The van der Waals surface area contributed by atoms with Gasteiger partial charge in [0.05, 0.1) is 18.0 Å². The summed E-state index contributed by atoms with van der Waals surface area (Å²) in [4.78, 5) is 4.10. The van der Waals surface area contributed by atoms with Gasteiger partial charge < -0.3 is 5.73 Å². The van der Waals surface area contributed by atoms with Crippen LogP contribution in [-0.4, -0.2) is 36.5 Å². The molecule has 0 aliphatic heterocycles. The number of sulfonamides is 1. The molecule has 0 spiro atoms. The van der Waals surface area contributed by atoms with Crippen molar-refractivity contribution < 1.29 is 8.42 Å². The topological polar surface area (TPSA) is 76.3 Å². The molecule has 0 amide bonds. The van der Waals surface area contributed by atoms with Gasteiger partial charge in [0.2, 0.25) is 10.0 Å². The van der Waals surface area contributed by atoms with Crippen molar-refractivity contribution in [1.29, 1.82) is 0 Å². The summed E-state index contributed by atoms with van der Waals surface area (Å²) in [5.41, 5.74) is 6.14. The fourth-order valence-corrected chi connectivity index (χ4v) is 2.39. The zero-order chi connectivity index (χ0) is 12.0. The number of nitrogens with zero attached hydrogens (tertiary/aromatic N) is 2. The van der Waals surface area contributed by atoms with Crippen molar-refractivity contribution in [1.82, 2.24) is 9.29 Å². The predicted octanol–water partition coefficient (Wildman–Crippen LogP) is 0.192. The van der Waals surface area contributed by atoms with Crippen LogP contribution < -0.4 is 5.73 Å². The van der Waals surface area contributed by atoms with Crippen molar-refractivity contribution in [3.63, 3.8) is 0 Å². The summed E-state index contributed by atoms with van der Waals surface area (Å²) < 4.78 is 24.8. The van der Waals surface area contributed by atoms with Gasteiger partial charge in [-0.3, -0.25) is 4.98 Å². The van der Waals surface area contributed by atoms with Crippen molar-refractivity contribution in [2.75, 3.05) is 18.8 Å². The molecule has 6 heteroatoms. The Labute approximate surface area is 96.3 Å². The van der Waals surface area contributed by atoms with Crippen LogP contribution in [0, 0.1) is 0 Å². The van der Waals surface area contributed by atoms with Crippen LogP contribution in [0.4, 0.5) is 0 Å². The maximum absolute atomic E-state index is 11.7. The van der Waals surface area contributed by atoms with Crippen LogP contribution in [0.3, 0.4) is 0 Å². The van der Waals surface area contributed by atoms with Gasteiger partial charge in [0.1, 0.15) is 0 Å². The fourth-order valence-electron chi connectivity index (χ4n) is 1.32. The van der Waals surface area contributed by atoms with E-state index >= 15 is 0 Å². The first kappa shape index (κ1) is 13.1. The Bertz CT molecular complexity index is 405. The van der Waals surface area contributed by atoms with E-state index in [-0.39, 0.29) is 12.3 Å². The summed E-state index contributed by atoms with van der Waals surface area (Å²) in [5.74, 6) is 0.0832. The lowest BCUT2D eigenvalue weighted by Crippen LogP contribution is -2.36. The van der Waals surface area contributed by atoms with E-state index in [1.54, 1.807) is 25.3 Å². The number of pyridine rings is 1. The van der Waals surface area contributed by atoms with Gasteiger partial charge in [0, 0.05) is 19.3 Å². The third-order valence-electron chi connectivity index (χ3n) is 2.20. The predicted molar refractivity (Wildman–Crippen MR) is 63.2 cm³/mol. The highest BCUT2D eigenvalue weighted by molar-refractivity contribution is 7.89. The summed E-state index contributed by atoms with van der Waals surface area (Å²) in [6.45, 7) is 2.55. The summed E-state index contributed by atoms with van der Waals surface area (Å²) in [7, 11) is -3.21. The molecule has 2 N–H and O–H groups in total. The highest BCUT2D eigenvalue weighted by Crippen LogP contribution is 2.06. The molecule has 0 aliphatic carbocycles. The van der Waals surface area contributed by atoms with Crippen LogP contribution in [0.25, 0.3) is 0 Å². The first-order valence-electron chi connectivity index (χ1n) is 5.18. The lowest BCUT2D eigenvalue weighted by molar-refractivity contribution is 0.410. The Morgan fingerprint density at radius 2 is 2.19 bits per heavy atom. The minimum atomic E-state index is -3.21. The van der Waals surface area contributed by atoms with Gasteiger partial charge in [-0.2, -0.15) is 4.31 Å². The van der Waals surface area contributed by atoms with Crippen molar-refractivity contribution in [2.24, 2.45) is 5.73 Å². The first-order valence-corrected chi connectivity index (χ1v) is 6.79. The fraction of sp³-hybridized carbons (Fsp3) is 0.500. The van der Waals surface area contributed by atoms with Crippen LogP contribution in [-0.2, 0) is 16.6 Å². The molecule has 0 radical (unpaired) electrons. The van der Waals surface area contributed by atoms with E-state index in [0.29, 0.717) is 13.1 Å². The summed E-state index contributed by atoms with van der Waals surface area (Å²) >= 11 is 0. The minimum Gasteiger partial charge on any atom is -0.329 e. The normalized spacial score (nSPS) is 11.9. The maximum atomic E-state index is 11.7. The molecule has 0 atom stereocenters. The quantitative estimate of drug-likeness (QED) is 0.774. The Kier molecular flexibility index (Phi) is 4.85. The lowest BCUT2D eigenvalue weighted by atomic mass is 10.3. The smallest absolute Gasteiger partial charge is 0.214 e. The number of hydrogen-bond acceptors (Lipinski definition) is 4. The zero-order valence-electron chi connectivity index (χ0n) is 9.33. The number of aromatic nitrogens is 1. The van der Waals surface area contributed by atoms with Crippen molar-refractivity contribution >= 4 is 10.0 Å². The SMILES string of the molecule is CCS(=O)(=O)N(CCN)Cc1ccccn1. The second kappa shape index (κ2) is 5.93. The summed E-state index contributed by atoms with van der Waals surface area (Å²) in [6.07, 6.45) is 1.65. The molecule has 0 fully saturated rings. The molecule has 90 valence electrons. The number of nitrogens with two attached hydrogens (primary N) is 1. The molecule has 1 aromatic rings. The van der Waals surface area contributed by atoms with E-state index in [1.165, 1.54) is 4.31 Å². The average Bonchev–Trinajstić information content (AvgIpc) is 2.30. The Morgan fingerprint density at radius 3 is 2.69 bits per heavy atom. The highest BCUT2D eigenvalue weighted by atomic mass is 32.2. The van der Waals surface area contributed by atoms with E-state index in [9.17, 15) is 8.42 Å². The molecule has 0 aliphatic rings. The average molecular weight is 243 g/mol. The Morgan fingerprint density at radius 1 is 1.44 bits per heavy atom. The number of rotatable bonds is 6. The molecule has 1 heterocycles. The molecule has 0 saturated carbocycles. The molecule has 0 aromatic carbocycles. The second-order valence-electron chi connectivity index (χ2n) is 3.34. The van der Waals surface area contributed by atoms with E-state index in [2.05, 4.69) is 4.98 Å². The molecular formula is C10H17N3O2S. The summed E-state index contributed by atoms with van der Waals surface area (Å²) in [5, 5.41) is 0. The van der Waals surface area contributed by atoms with Crippen molar-refractivity contribution in [3.8, 4) is 0 Å². The van der Waals surface area contributed by atoms with Gasteiger partial charge in [0.25, 0.3) is 0 Å². The van der Waals surface area contributed by atoms with Crippen LogP contribution in [0.5, 0.6) is 0 Å². The molecule has 0 unspecified atom stereocenters. The highest BCUT2D eigenvalue weighted by Gasteiger charge is 2.19. The van der Waals surface area contributed by atoms with Gasteiger partial charge in [0.15, 0.2) is 0 Å². The van der Waals surface area contributed by atoms with Crippen LogP contribution >= 0.6 is 0 Å². The van der Waals surface area contributed by atoms with Crippen LogP contribution in [0.15, 0.2) is 24.4 Å². The van der Waals surface area contributed by atoms with E-state index in [4.69, 9.17) is 5.73 Å². The molecule has 0 bridgehead atoms. The van der Waals surface area contributed by atoms with Crippen molar-refractivity contribution in [3.05, 3.63) is 30.1 Å². The van der Waals surface area contributed by atoms with E-state index in [0.717, 1.165) is 5.69 Å². The van der Waals surface area contributed by atoms with E-state index in [1.807, 2.05) is 6.07 Å². The van der Waals surface area contributed by atoms with Gasteiger partial charge in [-0.1, -0.05) is 6.07 Å². The second-order valence-corrected chi connectivity index (χ2v) is 5.60. The Balaban J connectivity index is 2.81. The molecule has 0 saturated heterocycles. The van der Waals surface area contributed by atoms with Crippen molar-refractivity contribution in [2.45, 2.75) is 13.5 Å². The van der Waals surface area contributed by atoms with Crippen LogP contribution in [0.2, 0.25) is 0 Å². The molecule has 1 rings (SSSR count). The van der Waals surface area contributed by atoms with Gasteiger partial charge in [-0.25, -0.2) is 8.42 Å². The summed E-state index contributed by atoms with van der Waals surface area (Å²) in [6, 6.07) is 5.43. The standard InChI is InChI=1S/C10H17N3O2S/c1-2-16(14,15)13(8-6-11)9-10-5-3-4-7-12-10/h3-5,7H,2,6,8-9,11H2,1H3. The van der Waals surface area contributed by atoms with Gasteiger partial charge in [-0.15, -0.1) is 0 Å². The largest absolute Gasteiger partial charge is 0.329 e. The van der Waals surface area contributed by atoms with Crippen LogP contribution in [0.1, 0.15) is 12.6 Å². The number of hydrogen-bond donors (Lipinski definition) is 1. The third kappa shape index (κ3) is 3.55. The van der Waals surface area contributed by atoms with E-state index < -0.39 is 10.0 Å². The Hall–Kier alpha value is -0.980. The molecule has 5 nitrogen and oxygen atoms in total. The van der Waals surface area contributed by atoms with Gasteiger partial charge >= 0.3 is 0 Å².